The Hall–Kier alpha value is -2.70. The molecule has 0 saturated carbocycles. The number of aromatic nitrogens is 2. The van der Waals surface area contributed by atoms with E-state index >= 15 is 0 Å². The smallest absolute Gasteiger partial charge is 0.253 e. The van der Waals surface area contributed by atoms with E-state index in [1.807, 2.05) is 59.8 Å². The van der Waals surface area contributed by atoms with Gasteiger partial charge in [-0.25, -0.2) is 4.39 Å². The van der Waals surface area contributed by atoms with Crippen LogP contribution >= 0.6 is 11.6 Å². The number of carbonyl (C=O) groups is 1. The molecule has 0 spiro atoms. The molecule has 1 aliphatic heterocycles. The van der Waals surface area contributed by atoms with Crippen LogP contribution in [-0.4, -0.2) is 51.7 Å². The van der Waals surface area contributed by atoms with Crippen molar-refractivity contribution in [3.63, 3.8) is 0 Å². The lowest BCUT2D eigenvalue weighted by Gasteiger charge is -2.34. The molecule has 0 aliphatic carbocycles. The van der Waals surface area contributed by atoms with Gasteiger partial charge in [-0.05, 0) is 37.6 Å². The van der Waals surface area contributed by atoms with Crippen molar-refractivity contribution in [2.24, 2.45) is 0 Å². The second-order valence-corrected chi connectivity index (χ2v) is 8.38. The third-order valence-electron chi connectivity index (χ3n) is 5.84. The SMILES string of the molecule is Cc1nn(Cc2ccc(C(=O)N3CCN(Cc4ccccc4F)CC3)cc2)c(C)c1Cl. The maximum atomic E-state index is 13.9. The lowest BCUT2D eigenvalue weighted by Crippen LogP contribution is -2.48. The fraction of sp³-hybridized carbons (Fsp3) is 0.333. The second kappa shape index (κ2) is 9.20. The average molecular weight is 441 g/mol. The first-order chi connectivity index (χ1) is 14.9. The first kappa shape index (κ1) is 21.5. The summed E-state index contributed by atoms with van der Waals surface area (Å²) in [5, 5.41) is 5.16. The Morgan fingerprint density at radius 1 is 1.00 bits per heavy atom. The van der Waals surface area contributed by atoms with E-state index in [4.69, 9.17) is 11.6 Å². The van der Waals surface area contributed by atoms with Crippen molar-refractivity contribution < 1.29 is 9.18 Å². The maximum Gasteiger partial charge on any atom is 0.253 e. The third kappa shape index (κ3) is 4.81. The van der Waals surface area contributed by atoms with Crippen LogP contribution in [0, 0.1) is 19.7 Å². The van der Waals surface area contributed by atoms with E-state index in [1.165, 1.54) is 6.07 Å². The van der Waals surface area contributed by atoms with Gasteiger partial charge in [0.1, 0.15) is 5.82 Å². The van der Waals surface area contributed by atoms with Gasteiger partial charge >= 0.3 is 0 Å². The number of benzene rings is 2. The van der Waals surface area contributed by atoms with Crippen molar-refractivity contribution in [3.05, 3.63) is 87.4 Å². The molecule has 1 fully saturated rings. The maximum absolute atomic E-state index is 13.9. The van der Waals surface area contributed by atoms with Crippen LogP contribution < -0.4 is 0 Å². The minimum Gasteiger partial charge on any atom is -0.336 e. The molecule has 0 atom stereocenters. The van der Waals surface area contributed by atoms with E-state index in [0.717, 1.165) is 30.0 Å². The molecule has 0 unspecified atom stereocenters. The summed E-state index contributed by atoms with van der Waals surface area (Å²) in [6, 6.07) is 14.5. The number of aryl methyl sites for hydroxylation is 1. The van der Waals surface area contributed by atoms with Crippen LogP contribution in [0.4, 0.5) is 4.39 Å². The molecule has 1 aromatic heterocycles. The molecule has 4 rings (SSSR count). The molecular weight excluding hydrogens is 415 g/mol. The summed E-state index contributed by atoms with van der Waals surface area (Å²) in [4.78, 5) is 17.0. The molecule has 1 amide bonds. The lowest BCUT2D eigenvalue weighted by atomic mass is 10.1. The number of piperazine rings is 1. The number of hydrogen-bond donors (Lipinski definition) is 0. The average Bonchev–Trinajstić information content (AvgIpc) is 3.02. The highest BCUT2D eigenvalue weighted by molar-refractivity contribution is 6.31. The third-order valence-corrected chi connectivity index (χ3v) is 6.38. The van der Waals surface area contributed by atoms with Gasteiger partial charge in [0.05, 0.1) is 23.0 Å². The lowest BCUT2D eigenvalue weighted by molar-refractivity contribution is 0.0627. The van der Waals surface area contributed by atoms with Crippen LogP contribution in [0.2, 0.25) is 5.02 Å². The predicted octanol–water partition coefficient (Wildman–Crippen LogP) is 4.30. The Kier molecular flexibility index (Phi) is 6.39. The molecule has 2 heterocycles. The summed E-state index contributed by atoms with van der Waals surface area (Å²) in [6.45, 7) is 7.77. The van der Waals surface area contributed by atoms with Crippen LogP contribution in [-0.2, 0) is 13.1 Å². The highest BCUT2D eigenvalue weighted by Crippen LogP contribution is 2.20. The van der Waals surface area contributed by atoms with Crippen LogP contribution in [0.5, 0.6) is 0 Å². The van der Waals surface area contributed by atoms with E-state index in [2.05, 4.69) is 10.00 Å². The molecule has 0 N–H and O–H groups in total. The number of amides is 1. The van der Waals surface area contributed by atoms with Crippen molar-refractivity contribution in [3.8, 4) is 0 Å². The van der Waals surface area contributed by atoms with E-state index in [-0.39, 0.29) is 11.7 Å². The van der Waals surface area contributed by atoms with Gasteiger partial charge in [0.25, 0.3) is 5.91 Å². The Balaban J connectivity index is 1.33. The molecule has 31 heavy (non-hydrogen) atoms. The highest BCUT2D eigenvalue weighted by atomic mass is 35.5. The molecule has 0 bridgehead atoms. The number of hydrogen-bond acceptors (Lipinski definition) is 3. The molecule has 1 saturated heterocycles. The quantitative estimate of drug-likeness (QED) is 0.594. The molecule has 5 nitrogen and oxygen atoms in total. The molecule has 3 aromatic rings. The standard InChI is InChI=1S/C24H26ClFN4O/c1-17-23(25)18(2)30(27-17)15-19-7-9-20(10-8-19)24(31)29-13-11-28(12-14-29)16-21-5-3-4-6-22(21)26/h3-10H,11-16H2,1-2H3. The summed E-state index contributed by atoms with van der Waals surface area (Å²) in [5.41, 5.74) is 4.20. The molecule has 2 aromatic carbocycles. The molecular formula is C24H26ClFN4O. The fourth-order valence-electron chi connectivity index (χ4n) is 3.91. The van der Waals surface area contributed by atoms with Crippen LogP contribution in [0.3, 0.4) is 0 Å². The number of nitrogens with zero attached hydrogens (tertiary/aromatic N) is 4. The van der Waals surface area contributed by atoms with Crippen molar-refractivity contribution in [1.82, 2.24) is 19.6 Å². The van der Waals surface area contributed by atoms with Crippen LogP contribution in [0.1, 0.15) is 32.9 Å². The number of halogens is 2. The van der Waals surface area contributed by atoms with Crippen molar-refractivity contribution >= 4 is 17.5 Å². The normalized spacial score (nSPS) is 14.8. The zero-order chi connectivity index (χ0) is 22.0. The molecule has 1 aliphatic rings. The van der Waals surface area contributed by atoms with E-state index in [1.54, 1.807) is 6.07 Å². The van der Waals surface area contributed by atoms with Crippen molar-refractivity contribution in [2.75, 3.05) is 26.2 Å². The van der Waals surface area contributed by atoms with Crippen LogP contribution in [0.15, 0.2) is 48.5 Å². The summed E-state index contributed by atoms with van der Waals surface area (Å²) in [7, 11) is 0. The van der Waals surface area contributed by atoms with Gasteiger partial charge in [-0.2, -0.15) is 5.10 Å². The van der Waals surface area contributed by atoms with Gasteiger partial charge in [-0.3, -0.25) is 14.4 Å². The minimum atomic E-state index is -0.177. The summed E-state index contributed by atoms with van der Waals surface area (Å²) < 4.78 is 15.8. The van der Waals surface area contributed by atoms with Crippen molar-refractivity contribution in [2.45, 2.75) is 26.9 Å². The van der Waals surface area contributed by atoms with Gasteiger partial charge in [0.15, 0.2) is 0 Å². The zero-order valence-electron chi connectivity index (χ0n) is 17.8. The first-order valence-corrected chi connectivity index (χ1v) is 10.8. The van der Waals surface area contributed by atoms with Crippen LogP contribution in [0.25, 0.3) is 0 Å². The number of carbonyl (C=O) groups excluding carboxylic acids is 1. The molecule has 0 radical (unpaired) electrons. The summed E-state index contributed by atoms with van der Waals surface area (Å²) in [6.07, 6.45) is 0. The van der Waals surface area contributed by atoms with E-state index in [0.29, 0.717) is 42.3 Å². The predicted molar refractivity (Wildman–Crippen MR) is 120 cm³/mol. The minimum absolute atomic E-state index is 0.0336. The van der Waals surface area contributed by atoms with Gasteiger partial charge in [0, 0.05) is 43.9 Å². The number of rotatable bonds is 5. The van der Waals surface area contributed by atoms with Gasteiger partial charge in [-0.15, -0.1) is 0 Å². The Morgan fingerprint density at radius 2 is 1.68 bits per heavy atom. The topological polar surface area (TPSA) is 41.4 Å². The monoisotopic (exact) mass is 440 g/mol. The summed E-state index contributed by atoms with van der Waals surface area (Å²) >= 11 is 6.23. The van der Waals surface area contributed by atoms with E-state index < -0.39 is 0 Å². The molecule has 7 heteroatoms. The molecule has 162 valence electrons. The van der Waals surface area contributed by atoms with Gasteiger partial charge in [-0.1, -0.05) is 41.9 Å². The van der Waals surface area contributed by atoms with E-state index in [9.17, 15) is 9.18 Å². The Morgan fingerprint density at radius 3 is 2.29 bits per heavy atom. The van der Waals surface area contributed by atoms with Crippen molar-refractivity contribution in [1.29, 1.82) is 0 Å². The zero-order valence-corrected chi connectivity index (χ0v) is 18.6. The Labute approximate surface area is 187 Å². The first-order valence-electron chi connectivity index (χ1n) is 10.5. The largest absolute Gasteiger partial charge is 0.336 e. The summed E-state index contributed by atoms with van der Waals surface area (Å²) in [5.74, 6) is -0.143. The highest BCUT2D eigenvalue weighted by Gasteiger charge is 2.22. The fourth-order valence-corrected chi connectivity index (χ4v) is 4.05. The second-order valence-electron chi connectivity index (χ2n) is 8.00. The van der Waals surface area contributed by atoms with Gasteiger partial charge in [0.2, 0.25) is 0 Å². The Bertz CT molecular complexity index is 1070. The van der Waals surface area contributed by atoms with Gasteiger partial charge < -0.3 is 4.90 Å².